The van der Waals surface area contributed by atoms with E-state index in [1.807, 2.05) is 0 Å². The van der Waals surface area contributed by atoms with Crippen molar-refractivity contribution in [3.63, 3.8) is 0 Å². The summed E-state index contributed by atoms with van der Waals surface area (Å²) >= 11 is 0. The molecule has 5 rings (SSSR count). The molecule has 5 aliphatic rings. The van der Waals surface area contributed by atoms with E-state index in [1.54, 1.807) is 0 Å². The number of nitrogens with zero attached hydrogens (tertiary/aromatic N) is 3. The average molecular weight is 388 g/mol. The second-order valence-electron chi connectivity index (χ2n) is 10.2. The fraction of sp³-hybridized carbons (Fsp3) is 0.913. The van der Waals surface area contributed by atoms with Crippen LogP contribution in [0.5, 0.6) is 0 Å². The van der Waals surface area contributed by atoms with Gasteiger partial charge in [-0.3, -0.25) is 14.5 Å². The minimum absolute atomic E-state index is 0.314. The van der Waals surface area contributed by atoms with Crippen LogP contribution < -0.4 is 0 Å². The normalized spacial score (nSPS) is 35.7. The topological polar surface area (TPSA) is 43.9 Å². The van der Waals surface area contributed by atoms with Crippen LogP contribution in [0.3, 0.4) is 0 Å². The van der Waals surface area contributed by atoms with Crippen LogP contribution in [0.1, 0.15) is 70.6 Å². The molecule has 28 heavy (non-hydrogen) atoms. The monoisotopic (exact) mass is 387 g/mol. The molecular formula is C23H37N3O2. The highest BCUT2D eigenvalue weighted by Crippen LogP contribution is 2.39. The molecule has 4 aliphatic heterocycles. The van der Waals surface area contributed by atoms with Crippen molar-refractivity contribution >= 4 is 11.8 Å². The van der Waals surface area contributed by atoms with Gasteiger partial charge in [0.25, 0.3) is 0 Å². The van der Waals surface area contributed by atoms with Crippen molar-refractivity contribution in [2.45, 2.75) is 82.7 Å². The Morgan fingerprint density at radius 2 is 1.64 bits per heavy atom. The van der Waals surface area contributed by atoms with Crippen LogP contribution >= 0.6 is 0 Å². The lowest BCUT2D eigenvalue weighted by Crippen LogP contribution is -2.62. The summed E-state index contributed by atoms with van der Waals surface area (Å²) in [6, 6.07) is 1.15. The predicted molar refractivity (Wildman–Crippen MR) is 109 cm³/mol. The maximum absolute atomic E-state index is 12.9. The third-order valence-corrected chi connectivity index (χ3v) is 8.46. The van der Waals surface area contributed by atoms with E-state index in [0.717, 1.165) is 64.7 Å². The summed E-state index contributed by atoms with van der Waals surface area (Å²) in [4.78, 5) is 32.4. The molecule has 156 valence electrons. The fourth-order valence-corrected chi connectivity index (χ4v) is 7.01. The van der Waals surface area contributed by atoms with Gasteiger partial charge in [0, 0.05) is 57.1 Å². The number of piperidine rings is 4. The first kappa shape index (κ1) is 18.9. The first-order valence-electron chi connectivity index (χ1n) is 12.0. The van der Waals surface area contributed by atoms with Gasteiger partial charge < -0.3 is 9.80 Å². The Hall–Kier alpha value is -1.10. The van der Waals surface area contributed by atoms with Crippen LogP contribution in [0.2, 0.25) is 0 Å². The molecular weight excluding hydrogens is 350 g/mol. The van der Waals surface area contributed by atoms with E-state index < -0.39 is 0 Å². The van der Waals surface area contributed by atoms with Gasteiger partial charge in [0.15, 0.2) is 0 Å². The number of likely N-dealkylation sites (tertiary alicyclic amines) is 2. The molecule has 4 heterocycles. The maximum Gasteiger partial charge on any atom is 0.225 e. The average Bonchev–Trinajstić information content (AvgIpc) is 2.75. The third kappa shape index (κ3) is 3.59. The molecule has 0 radical (unpaired) electrons. The van der Waals surface area contributed by atoms with Gasteiger partial charge in [-0.2, -0.15) is 0 Å². The maximum atomic E-state index is 12.9. The third-order valence-electron chi connectivity index (χ3n) is 8.46. The largest absolute Gasteiger partial charge is 0.342 e. The van der Waals surface area contributed by atoms with Crippen molar-refractivity contribution < 1.29 is 9.59 Å². The van der Waals surface area contributed by atoms with E-state index in [1.165, 1.54) is 38.6 Å². The number of carbonyl (C=O) groups excluding carboxylic acids is 2. The number of amides is 2. The number of rotatable bonds is 2. The fourth-order valence-electron chi connectivity index (χ4n) is 7.01. The highest BCUT2D eigenvalue weighted by atomic mass is 16.2. The Kier molecular flexibility index (Phi) is 5.38. The molecule has 0 unspecified atom stereocenters. The Labute approximate surface area is 169 Å². The van der Waals surface area contributed by atoms with Gasteiger partial charge in [-0.05, 0) is 56.8 Å². The standard InChI is InChI=1S/C23H37N3O2/c27-22-8-4-7-21-19-13-17(15-26(21)22)14-25(16-19)20-9-11-24(12-10-20)23(28)18-5-2-1-3-6-18/h17-21H,1-16H2/t17-,19-,21-/m1/s1. The molecule has 0 aromatic carbocycles. The Bertz CT molecular complexity index is 595. The van der Waals surface area contributed by atoms with Crippen molar-refractivity contribution in [3.05, 3.63) is 0 Å². The van der Waals surface area contributed by atoms with Crippen molar-refractivity contribution in [2.24, 2.45) is 17.8 Å². The lowest BCUT2D eigenvalue weighted by Gasteiger charge is -2.54. The lowest BCUT2D eigenvalue weighted by atomic mass is 9.75. The summed E-state index contributed by atoms with van der Waals surface area (Å²) in [5.74, 6) is 2.52. The molecule has 4 saturated heterocycles. The van der Waals surface area contributed by atoms with Crippen LogP contribution in [-0.4, -0.2) is 71.3 Å². The van der Waals surface area contributed by atoms with Crippen molar-refractivity contribution in [1.82, 2.24) is 14.7 Å². The van der Waals surface area contributed by atoms with Gasteiger partial charge in [0.2, 0.25) is 11.8 Å². The second-order valence-corrected chi connectivity index (χ2v) is 10.2. The Morgan fingerprint density at radius 1 is 0.857 bits per heavy atom. The van der Waals surface area contributed by atoms with Crippen LogP contribution in [0.4, 0.5) is 0 Å². The van der Waals surface area contributed by atoms with E-state index in [0.29, 0.717) is 41.7 Å². The summed E-state index contributed by atoms with van der Waals surface area (Å²) in [6.45, 7) is 5.25. The molecule has 1 aliphatic carbocycles. The molecule has 5 fully saturated rings. The molecule has 5 heteroatoms. The minimum Gasteiger partial charge on any atom is -0.342 e. The number of hydrogen-bond acceptors (Lipinski definition) is 3. The predicted octanol–water partition coefficient (Wildman–Crippen LogP) is 2.89. The van der Waals surface area contributed by atoms with Gasteiger partial charge in [0.1, 0.15) is 0 Å². The molecule has 2 amide bonds. The summed E-state index contributed by atoms with van der Waals surface area (Å²) < 4.78 is 0. The van der Waals surface area contributed by atoms with E-state index in [2.05, 4.69) is 14.7 Å². The number of carbonyl (C=O) groups is 2. The van der Waals surface area contributed by atoms with Gasteiger partial charge >= 0.3 is 0 Å². The minimum atomic E-state index is 0.314. The molecule has 3 atom stereocenters. The zero-order chi connectivity index (χ0) is 19.1. The zero-order valence-corrected chi connectivity index (χ0v) is 17.4. The van der Waals surface area contributed by atoms with Gasteiger partial charge in [-0.1, -0.05) is 19.3 Å². The van der Waals surface area contributed by atoms with Crippen LogP contribution in [0.15, 0.2) is 0 Å². The molecule has 2 bridgehead atoms. The molecule has 1 saturated carbocycles. The van der Waals surface area contributed by atoms with E-state index in [9.17, 15) is 9.59 Å². The smallest absolute Gasteiger partial charge is 0.225 e. The summed E-state index contributed by atoms with van der Waals surface area (Å²) in [7, 11) is 0. The van der Waals surface area contributed by atoms with E-state index in [4.69, 9.17) is 0 Å². The van der Waals surface area contributed by atoms with E-state index >= 15 is 0 Å². The molecule has 0 N–H and O–H groups in total. The van der Waals surface area contributed by atoms with E-state index in [-0.39, 0.29) is 0 Å². The molecule has 0 aromatic rings. The summed E-state index contributed by atoms with van der Waals surface area (Å²) in [5, 5.41) is 0. The summed E-state index contributed by atoms with van der Waals surface area (Å²) in [6.07, 6.45) is 12.7. The SMILES string of the molecule is O=C(C1CCCCC1)N1CCC(N2C[C@H]3C[C@H](C2)[C@H]2CCCC(=O)N2C3)CC1. The lowest BCUT2D eigenvalue weighted by molar-refractivity contribution is -0.146. The molecule has 0 aromatic heterocycles. The zero-order valence-electron chi connectivity index (χ0n) is 17.4. The first-order chi connectivity index (χ1) is 13.7. The van der Waals surface area contributed by atoms with Crippen molar-refractivity contribution in [3.8, 4) is 0 Å². The van der Waals surface area contributed by atoms with Gasteiger partial charge in [-0.25, -0.2) is 0 Å². The van der Waals surface area contributed by atoms with Crippen molar-refractivity contribution in [1.29, 1.82) is 0 Å². The van der Waals surface area contributed by atoms with Gasteiger partial charge in [0.05, 0.1) is 0 Å². The Morgan fingerprint density at radius 3 is 2.43 bits per heavy atom. The number of hydrogen-bond donors (Lipinski definition) is 0. The highest BCUT2D eigenvalue weighted by Gasteiger charge is 2.45. The van der Waals surface area contributed by atoms with Crippen LogP contribution in [-0.2, 0) is 9.59 Å². The van der Waals surface area contributed by atoms with Crippen LogP contribution in [0.25, 0.3) is 0 Å². The van der Waals surface area contributed by atoms with Gasteiger partial charge in [-0.15, -0.1) is 0 Å². The number of fused-ring (bicyclic) bond motifs is 4. The highest BCUT2D eigenvalue weighted by molar-refractivity contribution is 5.79. The Balaban J connectivity index is 1.16. The molecule has 5 nitrogen and oxygen atoms in total. The summed E-state index contributed by atoms with van der Waals surface area (Å²) in [5.41, 5.74) is 0. The second kappa shape index (κ2) is 7.97. The quantitative estimate of drug-likeness (QED) is 0.732. The first-order valence-corrected chi connectivity index (χ1v) is 12.0. The molecule has 0 spiro atoms. The van der Waals surface area contributed by atoms with Crippen LogP contribution in [0, 0.1) is 17.8 Å². The van der Waals surface area contributed by atoms with Crippen molar-refractivity contribution in [2.75, 3.05) is 32.7 Å².